The van der Waals surface area contributed by atoms with Gasteiger partial charge < -0.3 is 14.2 Å². The highest BCUT2D eigenvalue weighted by atomic mass is 19.1. The lowest BCUT2D eigenvalue weighted by Gasteiger charge is -2.36. The number of halogens is 1. The molecular weight excluding hydrogens is 361 g/mol. The first-order valence-electron chi connectivity index (χ1n) is 9.92. The van der Waals surface area contributed by atoms with Crippen LogP contribution in [0, 0.1) is 17.2 Å². The van der Waals surface area contributed by atoms with E-state index in [0.717, 1.165) is 12.8 Å². The van der Waals surface area contributed by atoms with Gasteiger partial charge in [-0.2, -0.15) is 4.98 Å². The minimum atomic E-state index is -0.302. The Morgan fingerprint density at radius 2 is 2.00 bits per heavy atom. The molecule has 6 nitrogen and oxygen atoms in total. The minimum Gasteiger partial charge on any atom is -0.381 e. The van der Waals surface area contributed by atoms with E-state index in [1.807, 2.05) is 4.90 Å². The second-order valence-electron chi connectivity index (χ2n) is 8.36. The van der Waals surface area contributed by atoms with Gasteiger partial charge in [-0.1, -0.05) is 19.0 Å². The number of carbonyl (C=O) groups excluding carboxylic acids is 1. The van der Waals surface area contributed by atoms with Crippen LogP contribution in [0.4, 0.5) is 4.39 Å². The van der Waals surface area contributed by atoms with Gasteiger partial charge in [-0.3, -0.25) is 4.79 Å². The van der Waals surface area contributed by atoms with E-state index in [1.54, 1.807) is 12.1 Å². The third kappa shape index (κ3) is 3.68. The largest absolute Gasteiger partial charge is 0.381 e. The van der Waals surface area contributed by atoms with Gasteiger partial charge in [0.05, 0.1) is 5.92 Å². The fourth-order valence-corrected chi connectivity index (χ4v) is 4.35. The Labute approximate surface area is 164 Å². The molecule has 1 unspecified atom stereocenters. The van der Waals surface area contributed by atoms with Gasteiger partial charge in [-0.05, 0) is 43.0 Å². The van der Waals surface area contributed by atoms with Crippen LogP contribution < -0.4 is 0 Å². The minimum absolute atomic E-state index is 0.00536. The molecule has 1 amide bonds. The number of hydrogen-bond donors (Lipinski definition) is 0. The molecule has 1 aromatic carbocycles. The Bertz CT molecular complexity index is 828. The maximum Gasteiger partial charge on any atom is 0.232 e. The summed E-state index contributed by atoms with van der Waals surface area (Å²) in [5.74, 6) is 1.20. The summed E-state index contributed by atoms with van der Waals surface area (Å²) in [4.78, 5) is 19.3. The zero-order chi connectivity index (χ0) is 19.7. The van der Waals surface area contributed by atoms with Crippen LogP contribution in [0.2, 0.25) is 0 Å². The van der Waals surface area contributed by atoms with E-state index in [9.17, 15) is 9.18 Å². The molecular formula is C21H26FN3O3. The van der Waals surface area contributed by atoms with E-state index in [-0.39, 0.29) is 23.1 Å². The number of aromatic nitrogens is 2. The first-order chi connectivity index (χ1) is 13.5. The summed E-state index contributed by atoms with van der Waals surface area (Å²) in [6.45, 7) is 6.78. The summed E-state index contributed by atoms with van der Waals surface area (Å²) < 4.78 is 24.4. The van der Waals surface area contributed by atoms with Crippen molar-refractivity contribution in [2.45, 2.75) is 39.0 Å². The van der Waals surface area contributed by atoms with E-state index < -0.39 is 0 Å². The summed E-state index contributed by atoms with van der Waals surface area (Å²) in [7, 11) is 0. The van der Waals surface area contributed by atoms with Crippen LogP contribution in [0.25, 0.3) is 11.4 Å². The molecule has 7 heteroatoms. The lowest BCUT2D eigenvalue weighted by Crippen LogP contribution is -2.37. The van der Waals surface area contributed by atoms with Crippen LogP contribution in [-0.2, 0) is 9.53 Å². The Hall–Kier alpha value is -2.28. The van der Waals surface area contributed by atoms with Crippen molar-refractivity contribution in [2.24, 2.45) is 11.3 Å². The van der Waals surface area contributed by atoms with Crippen molar-refractivity contribution in [2.75, 3.05) is 26.3 Å². The van der Waals surface area contributed by atoms with Crippen LogP contribution in [0.1, 0.15) is 44.9 Å². The molecule has 1 atom stereocenters. The third-order valence-corrected chi connectivity index (χ3v) is 5.91. The Balaban J connectivity index is 1.60. The Morgan fingerprint density at radius 1 is 1.29 bits per heavy atom. The van der Waals surface area contributed by atoms with Gasteiger partial charge in [0.25, 0.3) is 0 Å². The smallest absolute Gasteiger partial charge is 0.232 e. The van der Waals surface area contributed by atoms with Gasteiger partial charge in [0.2, 0.25) is 17.6 Å². The van der Waals surface area contributed by atoms with Crippen molar-refractivity contribution in [3.63, 3.8) is 0 Å². The molecule has 150 valence electrons. The van der Waals surface area contributed by atoms with Crippen molar-refractivity contribution < 1.29 is 18.4 Å². The van der Waals surface area contributed by atoms with Crippen LogP contribution >= 0.6 is 0 Å². The van der Waals surface area contributed by atoms with Gasteiger partial charge in [-0.15, -0.1) is 0 Å². The molecule has 0 aliphatic carbocycles. The van der Waals surface area contributed by atoms with Gasteiger partial charge in [0, 0.05) is 43.7 Å². The standard InChI is InChI=1S/C21H26FN3O3/c1-14(2)11-18(26)25-12-17(21(13-25)7-9-27-10-8-21)20-23-19(24-28-20)15-3-5-16(22)6-4-15/h3-6,14,17H,7-13H2,1-2H3. The van der Waals surface area contributed by atoms with Crippen LogP contribution in [-0.4, -0.2) is 47.3 Å². The summed E-state index contributed by atoms with van der Waals surface area (Å²) in [6, 6.07) is 6.04. The van der Waals surface area contributed by atoms with Gasteiger partial charge in [-0.25, -0.2) is 4.39 Å². The number of carbonyl (C=O) groups is 1. The summed E-state index contributed by atoms with van der Waals surface area (Å²) in [6.07, 6.45) is 2.29. The number of hydrogen-bond acceptors (Lipinski definition) is 5. The lowest BCUT2D eigenvalue weighted by atomic mass is 9.72. The molecule has 0 radical (unpaired) electrons. The number of likely N-dealkylation sites (tertiary alicyclic amines) is 1. The SMILES string of the molecule is CC(C)CC(=O)N1CC(c2nc(-c3ccc(F)cc3)no2)C2(CCOCC2)C1. The predicted molar refractivity (Wildman–Crippen MR) is 101 cm³/mol. The fourth-order valence-electron chi connectivity index (χ4n) is 4.35. The van der Waals surface area contributed by atoms with Crippen LogP contribution in [0.5, 0.6) is 0 Å². The van der Waals surface area contributed by atoms with Gasteiger partial charge >= 0.3 is 0 Å². The molecule has 0 N–H and O–H groups in total. The average molecular weight is 387 g/mol. The Morgan fingerprint density at radius 3 is 2.68 bits per heavy atom. The zero-order valence-electron chi connectivity index (χ0n) is 16.4. The first kappa shape index (κ1) is 19.1. The topological polar surface area (TPSA) is 68.5 Å². The maximum absolute atomic E-state index is 13.2. The lowest BCUT2D eigenvalue weighted by molar-refractivity contribution is -0.131. The number of nitrogens with zero attached hydrogens (tertiary/aromatic N) is 3. The molecule has 3 heterocycles. The van der Waals surface area contributed by atoms with E-state index >= 15 is 0 Å². The molecule has 0 saturated carbocycles. The summed E-state index contributed by atoms with van der Waals surface area (Å²) in [5, 5.41) is 4.11. The van der Waals surface area contributed by atoms with E-state index in [0.29, 0.717) is 55.9 Å². The molecule has 1 aromatic heterocycles. The first-order valence-corrected chi connectivity index (χ1v) is 9.92. The highest BCUT2D eigenvalue weighted by Crippen LogP contribution is 2.49. The third-order valence-electron chi connectivity index (χ3n) is 5.91. The normalized spacial score (nSPS) is 21.6. The second-order valence-corrected chi connectivity index (χ2v) is 8.36. The number of rotatable bonds is 4. The molecule has 2 fully saturated rings. The number of ether oxygens (including phenoxy) is 1. The highest BCUT2D eigenvalue weighted by molar-refractivity contribution is 5.77. The Kier molecular flexibility index (Phi) is 5.19. The zero-order valence-corrected chi connectivity index (χ0v) is 16.4. The number of benzene rings is 1. The summed E-state index contributed by atoms with van der Waals surface area (Å²) >= 11 is 0. The van der Waals surface area contributed by atoms with Crippen molar-refractivity contribution in [1.82, 2.24) is 15.0 Å². The molecule has 2 aliphatic heterocycles. The number of amides is 1. The monoisotopic (exact) mass is 387 g/mol. The summed E-state index contributed by atoms with van der Waals surface area (Å²) in [5.41, 5.74) is 0.625. The van der Waals surface area contributed by atoms with Gasteiger partial charge in [0.1, 0.15) is 5.82 Å². The molecule has 0 bridgehead atoms. The molecule has 1 spiro atoms. The highest BCUT2D eigenvalue weighted by Gasteiger charge is 2.51. The van der Waals surface area contributed by atoms with E-state index in [4.69, 9.17) is 9.26 Å². The van der Waals surface area contributed by atoms with Crippen LogP contribution in [0.3, 0.4) is 0 Å². The predicted octanol–water partition coefficient (Wildman–Crippen LogP) is 3.64. The van der Waals surface area contributed by atoms with Crippen LogP contribution in [0.15, 0.2) is 28.8 Å². The molecule has 2 saturated heterocycles. The van der Waals surface area contributed by atoms with Crippen molar-refractivity contribution >= 4 is 5.91 Å². The van der Waals surface area contributed by atoms with Gasteiger partial charge in [0.15, 0.2) is 0 Å². The average Bonchev–Trinajstić information content (AvgIpc) is 3.28. The molecule has 28 heavy (non-hydrogen) atoms. The van der Waals surface area contributed by atoms with Crippen molar-refractivity contribution in [3.8, 4) is 11.4 Å². The van der Waals surface area contributed by atoms with Crippen molar-refractivity contribution in [1.29, 1.82) is 0 Å². The van der Waals surface area contributed by atoms with Crippen molar-refractivity contribution in [3.05, 3.63) is 36.0 Å². The molecule has 2 aromatic rings. The molecule has 2 aliphatic rings. The van der Waals surface area contributed by atoms with E-state index in [2.05, 4.69) is 24.0 Å². The molecule has 4 rings (SSSR count). The quantitative estimate of drug-likeness (QED) is 0.801. The van der Waals surface area contributed by atoms with E-state index in [1.165, 1.54) is 12.1 Å². The maximum atomic E-state index is 13.2. The fraction of sp³-hybridized carbons (Fsp3) is 0.571. The second kappa shape index (κ2) is 7.62.